The van der Waals surface area contributed by atoms with Gasteiger partial charge in [-0.2, -0.15) is 16.8 Å². The predicted octanol–water partition coefficient (Wildman–Crippen LogP) is -0.195. The molecule has 0 heterocycles. The number of rotatable bonds is 2. The van der Waals surface area contributed by atoms with Crippen molar-refractivity contribution in [3.63, 3.8) is 0 Å². The summed E-state index contributed by atoms with van der Waals surface area (Å²) in [5.74, 6) is -0.479. The van der Waals surface area contributed by atoms with Crippen LogP contribution in [-0.2, 0) is 26.7 Å². The molecule has 5 N–H and O–H groups in total. The molecule has 109 valence electrons. The molecule has 0 aromatic heterocycles. The van der Waals surface area contributed by atoms with Gasteiger partial charge in [0.2, 0.25) is 0 Å². The summed E-state index contributed by atoms with van der Waals surface area (Å²) in [4.78, 5) is -1.09. The third kappa shape index (κ3) is 2.63. The zero-order valence-electron chi connectivity index (χ0n) is 9.81. The minimum absolute atomic E-state index is 0.0967. The first-order valence-corrected chi connectivity index (χ1v) is 8.02. The van der Waals surface area contributed by atoms with E-state index in [1.54, 1.807) is 0 Å². The summed E-state index contributed by atoms with van der Waals surface area (Å²) in [6, 6.07) is 1.81. The van der Waals surface area contributed by atoms with E-state index in [1.165, 1.54) is 0 Å². The molecule has 2 rings (SSSR count). The third-order valence-corrected chi connectivity index (χ3v) is 4.63. The summed E-state index contributed by atoms with van der Waals surface area (Å²) >= 11 is 0. The number of allylic oxidation sites excluding steroid dienone is 2. The molecule has 0 aliphatic heterocycles. The van der Waals surface area contributed by atoms with Gasteiger partial charge in [-0.1, -0.05) is 0 Å². The van der Waals surface area contributed by atoms with Gasteiger partial charge in [0.1, 0.15) is 5.75 Å². The van der Waals surface area contributed by atoms with Crippen molar-refractivity contribution in [2.24, 2.45) is 5.73 Å². The van der Waals surface area contributed by atoms with Gasteiger partial charge < -0.3 is 10.8 Å². The largest absolute Gasteiger partial charge is 0.508 e. The van der Waals surface area contributed by atoms with Crippen molar-refractivity contribution in [3.05, 3.63) is 40.3 Å². The summed E-state index contributed by atoms with van der Waals surface area (Å²) in [7, 11) is -9.11. The van der Waals surface area contributed by atoms with Crippen molar-refractivity contribution in [1.29, 1.82) is 0 Å². The number of fused-ring (bicyclic) bond motifs is 1. The number of phenols is 1. The number of nitrogens with two attached hydrogens (primary N) is 1. The molecule has 0 fully saturated rings. The van der Waals surface area contributed by atoms with E-state index < -0.39 is 42.2 Å². The summed E-state index contributed by atoms with van der Waals surface area (Å²) < 4.78 is 62.3. The van der Waals surface area contributed by atoms with Crippen molar-refractivity contribution in [2.75, 3.05) is 0 Å². The molecule has 0 spiro atoms. The maximum absolute atomic E-state index is 11.1. The van der Waals surface area contributed by atoms with E-state index in [9.17, 15) is 21.9 Å². The van der Waals surface area contributed by atoms with Crippen LogP contribution < -0.4 is 5.73 Å². The lowest BCUT2D eigenvalue weighted by Crippen LogP contribution is -2.19. The first-order chi connectivity index (χ1) is 9.00. The van der Waals surface area contributed by atoms with Crippen LogP contribution >= 0.6 is 0 Å². The van der Waals surface area contributed by atoms with E-state index in [-0.39, 0.29) is 16.8 Å². The fourth-order valence-electron chi connectivity index (χ4n) is 1.88. The number of benzene rings is 1. The van der Waals surface area contributed by atoms with Gasteiger partial charge in [0.25, 0.3) is 20.2 Å². The van der Waals surface area contributed by atoms with Crippen LogP contribution in [0.2, 0.25) is 0 Å². The molecule has 0 atom stereocenters. The number of phenolic OH excluding ortho intramolecular Hbond substituents is 1. The fourth-order valence-corrected chi connectivity index (χ4v) is 3.13. The Morgan fingerprint density at radius 3 is 2.15 bits per heavy atom. The smallest absolute Gasteiger partial charge is 0.294 e. The molecular formula is C10H10NO7S2. The van der Waals surface area contributed by atoms with E-state index in [0.29, 0.717) is 0 Å². The Morgan fingerprint density at radius 2 is 1.65 bits per heavy atom. The highest BCUT2D eigenvalue weighted by atomic mass is 32.2. The molecule has 1 radical (unpaired) electrons. The molecule has 10 heteroatoms. The molecule has 20 heavy (non-hydrogen) atoms. The van der Waals surface area contributed by atoms with Crippen LogP contribution in [0.1, 0.15) is 11.1 Å². The molecule has 0 unspecified atom stereocenters. The summed E-state index contributed by atoms with van der Waals surface area (Å²) in [6.45, 7) is 0. The monoisotopic (exact) mass is 320 g/mol. The second-order valence-electron chi connectivity index (χ2n) is 4.16. The highest BCUT2D eigenvalue weighted by Gasteiger charge is 2.28. The van der Waals surface area contributed by atoms with E-state index >= 15 is 0 Å². The third-order valence-electron chi connectivity index (χ3n) is 2.80. The van der Waals surface area contributed by atoms with Crippen LogP contribution in [0.5, 0.6) is 5.75 Å². The van der Waals surface area contributed by atoms with Crippen LogP contribution in [0, 0.1) is 6.42 Å². The van der Waals surface area contributed by atoms with Crippen molar-refractivity contribution >= 4 is 20.2 Å². The second-order valence-corrected chi connectivity index (χ2v) is 7.03. The fraction of sp³-hybridized carbons (Fsp3) is 0.100. The van der Waals surface area contributed by atoms with Crippen LogP contribution in [0.15, 0.2) is 27.6 Å². The minimum atomic E-state index is -4.56. The van der Waals surface area contributed by atoms with Gasteiger partial charge in [0.15, 0.2) is 0 Å². The minimum Gasteiger partial charge on any atom is -0.508 e. The maximum Gasteiger partial charge on any atom is 0.294 e. The zero-order chi connectivity index (χ0) is 15.3. The summed E-state index contributed by atoms with van der Waals surface area (Å²) in [5, 5.41) is 9.71. The Hall–Kier alpha value is -1.62. The van der Waals surface area contributed by atoms with E-state index in [0.717, 1.165) is 18.6 Å². The lowest BCUT2D eigenvalue weighted by atomic mass is 9.94. The quantitative estimate of drug-likeness (QED) is 0.546. The predicted molar refractivity (Wildman–Crippen MR) is 67.8 cm³/mol. The van der Waals surface area contributed by atoms with Gasteiger partial charge in [0, 0.05) is 30.2 Å². The summed E-state index contributed by atoms with van der Waals surface area (Å²) in [6.07, 6.45) is 0.707. The molecule has 0 amide bonds. The maximum atomic E-state index is 11.1. The molecule has 0 bridgehead atoms. The van der Waals surface area contributed by atoms with Crippen molar-refractivity contribution in [2.45, 2.75) is 11.3 Å². The molecule has 1 aliphatic rings. The van der Waals surface area contributed by atoms with Crippen LogP contribution in [0.4, 0.5) is 0 Å². The van der Waals surface area contributed by atoms with E-state index in [4.69, 9.17) is 14.8 Å². The van der Waals surface area contributed by atoms with Crippen LogP contribution in [0.25, 0.3) is 0 Å². The standard InChI is InChI=1S/C10H10NO7S2/c11-8-4-7-5(2-10(8)20(16,17)18)1-6(3-9(7)12)19(13,14)15/h1,3-4,12H,2,11H2,(H,13,14,15)(H,16,17,18). The highest BCUT2D eigenvalue weighted by molar-refractivity contribution is 7.89. The Bertz CT molecular complexity index is 821. The number of hydrogen-bond acceptors (Lipinski definition) is 6. The van der Waals surface area contributed by atoms with Gasteiger partial charge in [-0.25, -0.2) is 0 Å². The van der Waals surface area contributed by atoms with Crippen molar-refractivity contribution in [1.82, 2.24) is 0 Å². The Balaban J connectivity index is 2.64. The number of hydrogen-bond donors (Lipinski definition) is 4. The molecule has 0 saturated carbocycles. The second kappa shape index (κ2) is 4.45. The topological polar surface area (TPSA) is 155 Å². The molecule has 0 saturated heterocycles. The Morgan fingerprint density at radius 1 is 1.05 bits per heavy atom. The van der Waals surface area contributed by atoms with E-state index in [2.05, 4.69) is 0 Å². The molecular weight excluding hydrogens is 310 g/mol. The number of aromatic hydroxyl groups is 1. The van der Waals surface area contributed by atoms with Gasteiger partial charge in [-0.15, -0.1) is 0 Å². The van der Waals surface area contributed by atoms with Gasteiger partial charge in [0.05, 0.1) is 9.80 Å². The first kappa shape index (κ1) is 14.8. The highest BCUT2D eigenvalue weighted by Crippen LogP contribution is 2.35. The SMILES string of the molecule is NC1=C(S(=O)(=O)O)Cc2cc(S(=O)(=O)O)cc(O)c2[CH]1. The molecule has 1 aliphatic carbocycles. The lowest BCUT2D eigenvalue weighted by Gasteiger charge is -2.20. The molecule has 8 nitrogen and oxygen atoms in total. The molecule has 1 aromatic rings. The average molecular weight is 320 g/mol. The zero-order valence-corrected chi connectivity index (χ0v) is 11.4. The van der Waals surface area contributed by atoms with Gasteiger partial charge >= 0.3 is 0 Å². The van der Waals surface area contributed by atoms with Crippen LogP contribution in [-0.4, -0.2) is 31.0 Å². The normalized spacial score (nSPS) is 16.1. The lowest BCUT2D eigenvalue weighted by molar-refractivity contribution is 0.462. The first-order valence-electron chi connectivity index (χ1n) is 5.14. The van der Waals surface area contributed by atoms with Gasteiger partial charge in [-0.3, -0.25) is 9.11 Å². The summed E-state index contributed by atoms with van der Waals surface area (Å²) in [5.41, 5.74) is 5.45. The Labute approximate surface area is 115 Å². The van der Waals surface area contributed by atoms with Gasteiger partial charge in [-0.05, 0) is 11.6 Å². The van der Waals surface area contributed by atoms with E-state index in [1.807, 2.05) is 0 Å². The van der Waals surface area contributed by atoms with Crippen molar-refractivity contribution in [3.8, 4) is 5.75 Å². The average Bonchev–Trinajstić information content (AvgIpc) is 2.26. The van der Waals surface area contributed by atoms with Crippen LogP contribution in [0.3, 0.4) is 0 Å². The van der Waals surface area contributed by atoms with Crippen molar-refractivity contribution < 1.29 is 31.0 Å². The Kier molecular flexibility index (Phi) is 3.29. The molecule has 1 aromatic carbocycles.